The van der Waals surface area contributed by atoms with E-state index in [-0.39, 0.29) is 0 Å². The molecule has 0 aliphatic heterocycles. The number of rotatable bonds is 5. The Kier molecular flexibility index (Phi) is 4.17. The van der Waals surface area contributed by atoms with Crippen LogP contribution in [0.1, 0.15) is 18.9 Å². The van der Waals surface area contributed by atoms with E-state index < -0.39 is 10.7 Å². The van der Waals surface area contributed by atoms with Crippen molar-refractivity contribution in [1.29, 1.82) is 0 Å². The lowest BCUT2D eigenvalue weighted by molar-refractivity contribution is -0.140. The first kappa shape index (κ1) is 12.1. The van der Waals surface area contributed by atoms with Crippen molar-refractivity contribution < 1.29 is 14.1 Å². The predicted octanol–water partition coefficient (Wildman–Crippen LogP) is 2.67. The third-order valence-electron chi connectivity index (χ3n) is 2.31. The summed E-state index contributed by atoms with van der Waals surface area (Å²) in [7, 11) is 1.49. The molecule has 1 aromatic carbocycles. The third-order valence-corrected chi connectivity index (χ3v) is 3.46. The van der Waals surface area contributed by atoms with Crippen molar-refractivity contribution in [3.05, 3.63) is 35.9 Å². The number of benzene rings is 1. The van der Waals surface area contributed by atoms with Gasteiger partial charge in [0, 0.05) is 12.0 Å². The molecule has 0 saturated heterocycles. The molecule has 1 N–H and O–H groups in total. The Morgan fingerprint density at radius 3 is 2.47 bits per heavy atom. The van der Waals surface area contributed by atoms with Gasteiger partial charge in [-0.25, -0.2) is 0 Å². The molecule has 0 radical (unpaired) electrons. The molecule has 0 saturated carbocycles. The predicted molar refractivity (Wildman–Crippen MR) is 60.6 cm³/mol. The number of carboxylic acid groups (broad SMARTS) is 1. The van der Waals surface area contributed by atoms with Crippen molar-refractivity contribution in [3.8, 4) is 0 Å². The summed E-state index contributed by atoms with van der Waals surface area (Å²) < 4.78 is 3.95. The molecule has 1 aromatic rings. The van der Waals surface area contributed by atoms with E-state index in [9.17, 15) is 9.90 Å². The molecule has 82 valence electrons. The second kappa shape index (κ2) is 5.19. The molecule has 0 heterocycles. The van der Waals surface area contributed by atoms with Crippen LogP contribution in [0.3, 0.4) is 0 Å². The molecule has 0 spiro atoms. The summed E-state index contributed by atoms with van der Waals surface area (Å²) in [6, 6.07) is 9.15. The molecule has 0 fully saturated rings. The van der Waals surface area contributed by atoms with Crippen molar-refractivity contribution in [2.75, 3.05) is 7.11 Å². The molecule has 1 rings (SSSR count). The van der Waals surface area contributed by atoms with Crippen LogP contribution in [0.5, 0.6) is 0 Å². The van der Waals surface area contributed by atoms with Gasteiger partial charge in [0.05, 0.1) is 7.11 Å². The van der Waals surface area contributed by atoms with Crippen LogP contribution in [-0.4, -0.2) is 18.2 Å². The van der Waals surface area contributed by atoms with Crippen molar-refractivity contribution >= 4 is 18.0 Å². The number of aliphatic carboxylic acids is 1. The third kappa shape index (κ3) is 2.33. The van der Waals surface area contributed by atoms with Crippen LogP contribution >= 0.6 is 12.0 Å². The monoisotopic (exact) mass is 226 g/mol. The quantitative estimate of drug-likeness (QED) is 0.784. The minimum absolute atomic E-state index is 0.477. The highest BCUT2D eigenvalue weighted by Gasteiger charge is 2.40. The van der Waals surface area contributed by atoms with Crippen LogP contribution in [0.15, 0.2) is 30.3 Å². The fourth-order valence-electron chi connectivity index (χ4n) is 1.47. The van der Waals surface area contributed by atoms with E-state index in [1.165, 1.54) is 7.11 Å². The Morgan fingerprint density at radius 1 is 1.47 bits per heavy atom. The lowest BCUT2D eigenvalue weighted by Gasteiger charge is -2.26. The summed E-state index contributed by atoms with van der Waals surface area (Å²) in [4.78, 5) is 11.3. The second-order valence-corrected chi connectivity index (χ2v) is 4.30. The van der Waals surface area contributed by atoms with Gasteiger partial charge in [0.15, 0.2) is 4.75 Å². The van der Waals surface area contributed by atoms with Gasteiger partial charge in [-0.15, -0.1) is 0 Å². The van der Waals surface area contributed by atoms with Crippen LogP contribution in [0.2, 0.25) is 0 Å². The fraction of sp³-hybridized carbons (Fsp3) is 0.364. The Bertz CT molecular complexity index is 326. The van der Waals surface area contributed by atoms with E-state index >= 15 is 0 Å². The van der Waals surface area contributed by atoms with Crippen LogP contribution in [0.25, 0.3) is 0 Å². The van der Waals surface area contributed by atoms with E-state index in [1.54, 1.807) is 0 Å². The lowest BCUT2D eigenvalue weighted by Crippen LogP contribution is -2.31. The molecule has 1 atom stereocenters. The minimum atomic E-state index is -1.00. The molecule has 15 heavy (non-hydrogen) atoms. The number of carbonyl (C=O) groups is 1. The van der Waals surface area contributed by atoms with Gasteiger partial charge in [-0.1, -0.05) is 37.3 Å². The van der Waals surface area contributed by atoms with Crippen molar-refractivity contribution in [2.45, 2.75) is 18.1 Å². The molecular formula is C11H14O3S. The Morgan fingerprint density at radius 2 is 2.07 bits per heavy atom. The average Bonchev–Trinajstić information content (AvgIpc) is 2.26. The maximum atomic E-state index is 11.3. The first-order chi connectivity index (χ1) is 7.17. The van der Waals surface area contributed by atoms with Gasteiger partial charge in [0.25, 0.3) is 0 Å². The summed E-state index contributed by atoms with van der Waals surface area (Å²) in [6.07, 6.45) is 0.477. The smallest absolute Gasteiger partial charge is 0.326 e. The number of hydrogen-bond acceptors (Lipinski definition) is 3. The Labute approximate surface area is 93.7 Å². The highest BCUT2D eigenvalue weighted by Crippen LogP contribution is 2.40. The van der Waals surface area contributed by atoms with Crippen LogP contribution < -0.4 is 0 Å². The molecule has 3 nitrogen and oxygen atoms in total. The molecule has 4 heteroatoms. The summed E-state index contributed by atoms with van der Waals surface area (Å²) in [5.74, 6) is -0.872. The molecule has 1 unspecified atom stereocenters. The summed E-state index contributed by atoms with van der Waals surface area (Å²) in [5.41, 5.74) is 0.756. The maximum Gasteiger partial charge on any atom is 0.326 e. The molecule has 0 aromatic heterocycles. The zero-order chi connectivity index (χ0) is 11.3. The lowest BCUT2D eigenvalue weighted by atomic mass is 9.95. The number of hydrogen-bond donors (Lipinski definition) is 1. The van der Waals surface area contributed by atoms with Crippen LogP contribution in [0.4, 0.5) is 0 Å². The van der Waals surface area contributed by atoms with Gasteiger partial charge in [-0.05, 0) is 12.0 Å². The van der Waals surface area contributed by atoms with Crippen LogP contribution in [0, 0.1) is 0 Å². The summed E-state index contributed by atoms with van der Waals surface area (Å²) >= 11 is 0.986. The first-order valence-electron chi connectivity index (χ1n) is 4.68. The van der Waals surface area contributed by atoms with Crippen molar-refractivity contribution in [3.63, 3.8) is 0 Å². The van der Waals surface area contributed by atoms with Gasteiger partial charge in [0.1, 0.15) is 0 Å². The van der Waals surface area contributed by atoms with Gasteiger partial charge < -0.3 is 9.29 Å². The Hall–Kier alpha value is -1.00. The van der Waals surface area contributed by atoms with E-state index in [0.717, 1.165) is 17.6 Å². The molecule has 0 aliphatic carbocycles. The summed E-state index contributed by atoms with van der Waals surface area (Å²) in [6.45, 7) is 1.84. The molecular weight excluding hydrogens is 212 g/mol. The Balaban J connectivity index is 3.15. The van der Waals surface area contributed by atoms with Gasteiger partial charge >= 0.3 is 5.97 Å². The van der Waals surface area contributed by atoms with Gasteiger partial charge in [-0.3, -0.25) is 4.79 Å². The van der Waals surface area contributed by atoms with E-state index in [0.29, 0.717) is 6.42 Å². The van der Waals surface area contributed by atoms with E-state index in [1.807, 2.05) is 37.3 Å². The molecule has 0 bridgehead atoms. The zero-order valence-corrected chi connectivity index (χ0v) is 9.58. The first-order valence-corrected chi connectivity index (χ1v) is 5.42. The SMILES string of the molecule is CCC(SOC)(C(=O)O)c1ccccc1. The van der Waals surface area contributed by atoms with Crippen molar-refractivity contribution in [2.24, 2.45) is 0 Å². The normalized spacial score (nSPS) is 14.5. The maximum absolute atomic E-state index is 11.3. The standard InChI is InChI=1S/C11H14O3S/c1-3-11(10(12)13,15-14-2)9-7-5-4-6-8-9/h4-8H,3H2,1-2H3,(H,12,13). The minimum Gasteiger partial charge on any atom is -0.480 e. The molecule has 0 amide bonds. The van der Waals surface area contributed by atoms with Crippen molar-refractivity contribution in [1.82, 2.24) is 0 Å². The van der Waals surface area contributed by atoms with Gasteiger partial charge in [-0.2, -0.15) is 0 Å². The zero-order valence-electron chi connectivity index (χ0n) is 8.77. The second-order valence-electron chi connectivity index (χ2n) is 3.10. The number of carboxylic acids is 1. The van der Waals surface area contributed by atoms with E-state index in [2.05, 4.69) is 0 Å². The largest absolute Gasteiger partial charge is 0.480 e. The average molecular weight is 226 g/mol. The van der Waals surface area contributed by atoms with Crippen LogP contribution in [-0.2, 0) is 13.7 Å². The topological polar surface area (TPSA) is 46.5 Å². The van der Waals surface area contributed by atoms with E-state index in [4.69, 9.17) is 4.18 Å². The fourth-order valence-corrected chi connectivity index (χ4v) is 2.18. The highest BCUT2D eigenvalue weighted by atomic mass is 32.2. The summed E-state index contributed by atoms with van der Waals surface area (Å²) in [5, 5.41) is 9.31. The van der Waals surface area contributed by atoms with Gasteiger partial charge in [0.2, 0.25) is 0 Å². The molecule has 0 aliphatic rings. The highest BCUT2D eigenvalue weighted by molar-refractivity contribution is 7.96.